The molecule has 0 amide bonds. The van der Waals surface area contributed by atoms with E-state index in [4.69, 9.17) is 16.0 Å². The van der Waals surface area contributed by atoms with Gasteiger partial charge in [0, 0.05) is 23.0 Å². The van der Waals surface area contributed by atoms with Gasteiger partial charge < -0.3 is 9.73 Å². The minimum absolute atomic E-state index is 0.211. The molecule has 2 rings (SSSR count). The van der Waals surface area contributed by atoms with Crippen LogP contribution in [-0.4, -0.2) is 22.8 Å². The number of aryl methyl sites for hydroxylation is 1. The van der Waals surface area contributed by atoms with Crippen LogP contribution in [0, 0.1) is 5.82 Å². The van der Waals surface area contributed by atoms with Gasteiger partial charge >= 0.3 is 0 Å². The zero-order valence-corrected chi connectivity index (χ0v) is 13.0. The fourth-order valence-corrected chi connectivity index (χ4v) is 2.17. The summed E-state index contributed by atoms with van der Waals surface area (Å²) >= 11 is 5.98. The molecule has 1 aromatic heterocycles. The number of hydrogen-bond acceptors (Lipinski definition) is 4. The molecule has 1 N–H and O–H groups in total. The molecule has 0 unspecified atom stereocenters. The van der Waals surface area contributed by atoms with Crippen LogP contribution in [0.4, 0.5) is 4.39 Å². The molecule has 0 spiro atoms. The van der Waals surface area contributed by atoms with Crippen LogP contribution in [-0.2, 0) is 12.8 Å². The smallest absolute Gasteiger partial charge is 0.221 e. The summed E-state index contributed by atoms with van der Waals surface area (Å²) in [5.74, 6) is 0.597. The third kappa shape index (κ3) is 4.79. The van der Waals surface area contributed by atoms with Crippen molar-refractivity contribution in [2.75, 3.05) is 6.54 Å². The highest BCUT2D eigenvalue weighted by Crippen LogP contribution is 2.21. The van der Waals surface area contributed by atoms with Crippen molar-refractivity contribution in [1.82, 2.24) is 15.5 Å². The lowest BCUT2D eigenvalue weighted by Gasteiger charge is -2.05. The molecule has 1 aromatic carbocycles. The molecule has 1 heterocycles. The highest BCUT2D eigenvalue weighted by molar-refractivity contribution is 6.31. The van der Waals surface area contributed by atoms with E-state index in [2.05, 4.69) is 29.4 Å². The van der Waals surface area contributed by atoms with Crippen molar-refractivity contribution in [3.63, 3.8) is 0 Å². The van der Waals surface area contributed by atoms with Gasteiger partial charge in [-0.3, -0.25) is 0 Å². The molecule has 0 aliphatic rings. The largest absolute Gasteiger partial charge is 0.425 e. The second kappa shape index (κ2) is 7.52. The van der Waals surface area contributed by atoms with E-state index in [0.717, 1.165) is 13.0 Å². The lowest BCUT2D eigenvalue weighted by atomic mass is 10.1. The minimum atomic E-state index is -0.358. The average molecular weight is 312 g/mol. The topological polar surface area (TPSA) is 51.0 Å². The standard InChI is InChI=1S/C15H19ClFN3O/c1-10(2)18-8-4-7-14-19-20-15(21-14)9-11-12(16)5-3-6-13(11)17/h3,5-6,10,18H,4,7-9H2,1-2H3. The first kappa shape index (κ1) is 15.9. The van der Waals surface area contributed by atoms with Crippen LogP contribution < -0.4 is 5.32 Å². The number of halogens is 2. The molecule has 114 valence electrons. The summed E-state index contributed by atoms with van der Waals surface area (Å²) in [7, 11) is 0. The number of hydrogen-bond donors (Lipinski definition) is 1. The number of nitrogens with zero attached hydrogens (tertiary/aromatic N) is 2. The van der Waals surface area contributed by atoms with E-state index in [1.807, 2.05) is 0 Å². The van der Waals surface area contributed by atoms with Gasteiger partial charge in [0.15, 0.2) is 0 Å². The van der Waals surface area contributed by atoms with Crippen molar-refractivity contribution < 1.29 is 8.81 Å². The lowest BCUT2D eigenvalue weighted by Crippen LogP contribution is -2.23. The van der Waals surface area contributed by atoms with E-state index in [1.54, 1.807) is 12.1 Å². The number of benzene rings is 1. The van der Waals surface area contributed by atoms with Crippen molar-refractivity contribution in [2.24, 2.45) is 0 Å². The fraction of sp³-hybridized carbons (Fsp3) is 0.467. The molecule has 21 heavy (non-hydrogen) atoms. The zero-order valence-electron chi connectivity index (χ0n) is 12.2. The average Bonchev–Trinajstić information content (AvgIpc) is 2.87. The summed E-state index contributed by atoms with van der Waals surface area (Å²) in [6, 6.07) is 5.05. The van der Waals surface area contributed by atoms with Crippen LogP contribution in [0.5, 0.6) is 0 Å². The Morgan fingerprint density at radius 2 is 2.05 bits per heavy atom. The third-order valence-electron chi connectivity index (χ3n) is 3.02. The summed E-state index contributed by atoms with van der Waals surface area (Å²) in [4.78, 5) is 0. The van der Waals surface area contributed by atoms with Crippen molar-refractivity contribution in [3.8, 4) is 0 Å². The Morgan fingerprint density at radius 1 is 1.29 bits per heavy atom. The summed E-state index contributed by atoms with van der Waals surface area (Å²) in [5, 5.41) is 11.6. The normalized spacial score (nSPS) is 11.3. The van der Waals surface area contributed by atoms with Gasteiger partial charge in [0.1, 0.15) is 5.82 Å². The van der Waals surface area contributed by atoms with Gasteiger partial charge in [-0.1, -0.05) is 31.5 Å². The molecule has 0 aliphatic heterocycles. The van der Waals surface area contributed by atoms with Crippen molar-refractivity contribution in [2.45, 2.75) is 39.2 Å². The maximum Gasteiger partial charge on any atom is 0.221 e. The minimum Gasteiger partial charge on any atom is -0.425 e. The molecule has 0 atom stereocenters. The highest BCUT2D eigenvalue weighted by Gasteiger charge is 2.12. The second-order valence-electron chi connectivity index (χ2n) is 5.18. The van der Waals surface area contributed by atoms with Gasteiger partial charge in [0.2, 0.25) is 11.8 Å². The van der Waals surface area contributed by atoms with Crippen LogP contribution >= 0.6 is 11.6 Å². The molecular formula is C15H19ClFN3O. The maximum absolute atomic E-state index is 13.7. The van der Waals surface area contributed by atoms with Gasteiger partial charge in [-0.05, 0) is 25.1 Å². The molecule has 0 bridgehead atoms. The van der Waals surface area contributed by atoms with Gasteiger partial charge in [0.25, 0.3) is 0 Å². The number of nitrogens with one attached hydrogen (secondary N) is 1. The van der Waals surface area contributed by atoms with Crippen LogP contribution in [0.25, 0.3) is 0 Å². The Balaban J connectivity index is 1.91. The Hall–Kier alpha value is -1.46. The van der Waals surface area contributed by atoms with E-state index in [0.29, 0.717) is 34.8 Å². The zero-order chi connectivity index (χ0) is 15.2. The Kier molecular flexibility index (Phi) is 5.70. The Morgan fingerprint density at radius 3 is 2.76 bits per heavy atom. The predicted octanol–water partition coefficient (Wildman–Crippen LogP) is 3.38. The summed E-state index contributed by atoms with van der Waals surface area (Å²) in [6.07, 6.45) is 1.83. The van der Waals surface area contributed by atoms with Crippen LogP contribution in [0.15, 0.2) is 22.6 Å². The SMILES string of the molecule is CC(C)NCCCc1nnc(Cc2c(F)cccc2Cl)o1. The quantitative estimate of drug-likeness (QED) is 0.796. The first-order valence-corrected chi connectivity index (χ1v) is 7.41. The van der Waals surface area contributed by atoms with E-state index in [-0.39, 0.29) is 12.2 Å². The Bertz CT molecular complexity index is 566. The molecular weight excluding hydrogens is 293 g/mol. The second-order valence-corrected chi connectivity index (χ2v) is 5.59. The van der Waals surface area contributed by atoms with Gasteiger partial charge in [-0.2, -0.15) is 0 Å². The molecule has 0 fully saturated rings. The van der Waals surface area contributed by atoms with E-state index in [1.165, 1.54) is 6.07 Å². The van der Waals surface area contributed by atoms with Gasteiger partial charge in [-0.25, -0.2) is 4.39 Å². The highest BCUT2D eigenvalue weighted by atomic mass is 35.5. The molecule has 0 radical (unpaired) electrons. The van der Waals surface area contributed by atoms with Gasteiger partial charge in [-0.15, -0.1) is 10.2 Å². The molecule has 4 nitrogen and oxygen atoms in total. The summed E-state index contributed by atoms with van der Waals surface area (Å²) in [6.45, 7) is 5.10. The number of rotatable bonds is 7. The van der Waals surface area contributed by atoms with Gasteiger partial charge in [0.05, 0.1) is 6.42 Å². The van der Waals surface area contributed by atoms with Crippen molar-refractivity contribution in [3.05, 3.63) is 46.4 Å². The maximum atomic E-state index is 13.7. The third-order valence-corrected chi connectivity index (χ3v) is 3.37. The number of aromatic nitrogens is 2. The molecule has 6 heteroatoms. The van der Waals surface area contributed by atoms with Crippen LogP contribution in [0.3, 0.4) is 0 Å². The first-order valence-electron chi connectivity index (χ1n) is 7.04. The summed E-state index contributed by atoms with van der Waals surface area (Å²) < 4.78 is 19.2. The van der Waals surface area contributed by atoms with Crippen LogP contribution in [0.2, 0.25) is 5.02 Å². The summed E-state index contributed by atoms with van der Waals surface area (Å²) in [5.41, 5.74) is 0.385. The molecule has 0 saturated heterocycles. The fourth-order valence-electron chi connectivity index (χ4n) is 1.94. The van der Waals surface area contributed by atoms with E-state index < -0.39 is 0 Å². The monoisotopic (exact) mass is 311 g/mol. The molecule has 2 aromatic rings. The van der Waals surface area contributed by atoms with E-state index >= 15 is 0 Å². The van der Waals surface area contributed by atoms with Crippen LogP contribution in [0.1, 0.15) is 37.6 Å². The van der Waals surface area contributed by atoms with Crippen molar-refractivity contribution >= 4 is 11.6 Å². The lowest BCUT2D eigenvalue weighted by molar-refractivity contribution is 0.444. The Labute approximate surface area is 128 Å². The molecule has 0 aliphatic carbocycles. The van der Waals surface area contributed by atoms with E-state index in [9.17, 15) is 4.39 Å². The first-order chi connectivity index (χ1) is 10.1. The molecule has 0 saturated carbocycles. The predicted molar refractivity (Wildman–Crippen MR) is 80.0 cm³/mol. The van der Waals surface area contributed by atoms with Crippen molar-refractivity contribution in [1.29, 1.82) is 0 Å².